The van der Waals surface area contributed by atoms with Gasteiger partial charge >= 0.3 is 0 Å². The molecule has 1 aliphatic rings. The summed E-state index contributed by atoms with van der Waals surface area (Å²) in [5.41, 5.74) is 11.4. The third-order valence-electron chi connectivity index (χ3n) is 7.30. The molecule has 3 aromatic carbocycles. The predicted octanol–water partition coefficient (Wildman–Crippen LogP) is 6.72. The maximum absolute atomic E-state index is 7.72. The molecule has 5 nitrogen and oxygen atoms in total. The highest BCUT2D eigenvalue weighted by atomic mass is 16.5. The van der Waals surface area contributed by atoms with Gasteiger partial charge in [-0.3, -0.25) is 5.41 Å². The second-order valence-electron chi connectivity index (χ2n) is 11.3. The number of piperidine rings is 1. The Balaban J connectivity index is 1.30. The molecule has 0 atom stereocenters. The van der Waals surface area contributed by atoms with Gasteiger partial charge in [-0.1, -0.05) is 106 Å². The van der Waals surface area contributed by atoms with Crippen molar-refractivity contribution in [3.05, 3.63) is 107 Å². The van der Waals surface area contributed by atoms with Gasteiger partial charge in [-0.15, -0.1) is 0 Å². The molecule has 0 aliphatic carbocycles. The van der Waals surface area contributed by atoms with E-state index in [1.165, 1.54) is 16.7 Å². The number of guanidine groups is 1. The van der Waals surface area contributed by atoms with Crippen LogP contribution >= 0.6 is 0 Å². The van der Waals surface area contributed by atoms with Crippen LogP contribution in [-0.4, -0.2) is 42.3 Å². The Bertz CT molecular complexity index is 1140. The Morgan fingerprint density at radius 1 is 0.921 bits per heavy atom. The van der Waals surface area contributed by atoms with Crippen molar-refractivity contribution in [1.29, 1.82) is 5.41 Å². The molecular formula is C33H42N4O. The highest BCUT2D eigenvalue weighted by Crippen LogP contribution is 2.30. The van der Waals surface area contributed by atoms with Gasteiger partial charge in [0.2, 0.25) is 5.96 Å². The van der Waals surface area contributed by atoms with Crippen molar-refractivity contribution in [2.75, 3.05) is 19.6 Å². The SMILES string of the molecule is CC(C)(C)c1ccc(C(CCCN2CCC(OC(c3ccccc3)c3ccccc3)CC2)=NC(=N)N)cc1. The Morgan fingerprint density at radius 2 is 1.47 bits per heavy atom. The molecule has 0 amide bonds. The Hall–Kier alpha value is -3.28. The first-order valence-corrected chi connectivity index (χ1v) is 13.8. The summed E-state index contributed by atoms with van der Waals surface area (Å²) in [6.07, 6.45) is 4.04. The van der Waals surface area contributed by atoms with E-state index in [1.54, 1.807) is 0 Å². The molecule has 0 unspecified atom stereocenters. The highest BCUT2D eigenvalue weighted by molar-refractivity contribution is 6.06. The van der Waals surface area contributed by atoms with E-state index >= 15 is 0 Å². The highest BCUT2D eigenvalue weighted by Gasteiger charge is 2.24. The van der Waals surface area contributed by atoms with Crippen LogP contribution in [0.15, 0.2) is 89.9 Å². The average Bonchev–Trinajstić information content (AvgIpc) is 2.92. The first-order valence-electron chi connectivity index (χ1n) is 13.8. The molecular weight excluding hydrogens is 468 g/mol. The van der Waals surface area contributed by atoms with E-state index in [0.29, 0.717) is 0 Å². The van der Waals surface area contributed by atoms with Crippen molar-refractivity contribution in [1.82, 2.24) is 4.90 Å². The molecule has 1 aliphatic heterocycles. The fourth-order valence-corrected chi connectivity index (χ4v) is 5.11. The standard InChI is InChI=1S/C33H42N4O/c1-33(2,3)28-18-16-25(17-19-28)30(36-32(34)35)15-10-22-37-23-20-29(21-24-37)38-31(26-11-6-4-7-12-26)27-13-8-5-9-14-27/h4-9,11-14,16-19,29,31H,10,15,20-24H2,1-3H3,(H3,34,35). The molecule has 0 radical (unpaired) electrons. The number of nitrogens with zero attached hydrogens (tertiary/aromatic N) is 2. The van der Waals surface area contributed by atoms with Crippen molar-refractivity contribution in [2.24, 2.45) is 10.7 Å². The molecule has 1 saturated heterocycles. The molecule has 4 rings (SSSR count). The predicted molar refractivity (Wildman–Crippen MR) is 158 cm³/mol. The fourth-order valence-electron chi connectivity index (χ4n) is 5.11. The first-order chi connectivity index (χ1) is 18.3. The number of likely N-dealkylation sites (tertiary alicyclic amines) is 1. The van der Waals surface area contributed by atoms with Crippen molar-refractivity contribution in [3.63, 3.8) is 0 Å². The maximum Gasteiger partial charge on any atom is 0.212 e. The van der Waals surface area contributed by atoms with E-state index in [9.17, 15) is 0 Å². The van der Waals surface area contributed by atoms with Crippen LogP contribution in [0.3, 0.4) is 0 Å². The first kappa shape index (κ1) is 27.7. The monoisotopic (exact) mass is 510 g/mol. The third-order valence-corrected chi connectivity index (χ3v) is 7.30. The van der Waals surface area contributed by atoms with Crippen LogP contribution in [0.5, 0.6) is 0 Å². The van der Waals surface area contributed by atoms with Gasteiger partial charge in [0, 0.05) is 13.1 Å². The lowest BCUT2D eigenvalue weighted by atomic mass is 9.86. The zero-order valence-electron chi connectivity index (χ0n) is 23.1. The molecule has 5 heteroatoms. The number of ether oxygens (including phenoxy) is 1. The minimum Gasteiger partial charge on any atom is -0.368 e. The van der Waals surface area contributed by atoms with Gasteiger partial charge in [-0.05, 0) is 59.9 Å². The van der Waals surface area contributed by atoms with Crippen LogP contribution in [-0.2, 0) is 10.2 Å². The Morgan fingerprint density at radius 3 is 1.97 bits per heavy atom. The molecule has 1 fully saturated rings. The van der Waals surface area contributed by atoms with Crippen LogP contribution in [0.2, 0.25) is 0 Å². The van der Waals surface area contributed by atoms with Crippen LogP contribution < -0.4 is 5.73 Å². The van der Waals surface area contributed by atoms with Crippen molar-refractivity contribution < 1.29 is 4.74 Å². The smallest absolute Gasteiger partial charge is 0.212 e. The minimum absolute atomic E-state index is 0.0380. The molecule has 1 heterocycles. The molecule has 3 N–H and O–H groups in total. The second kappa shape index (κ2) is 13.0. The van der Waals surface area contributed by atoms with E-state index in [1.807, 2.05) is 0 Å². The summed E-state index contributed by atoms with van der Waals surface area (Å²) in [5.74, 6) is -0.135. The topological polar surface area (TPSA) is 74.7 Å². The summed E-state index contributed by atoms with van der Waals surface area (Å²) in [7, 11) is 0. The average molecular weight is 511 g/mol. The van der Waals surface area contributed by atoms with Gasteiger partial charge < -0.3 is 15.4 Å². The van der Waals surface area contributed by atoms with Gasteiger partial charge in [-0.25, -0.2) is 4.99 Å². The van der Waals surface area contributed by atoms with E-state index in [4.69, 9.17) is 15.9 Å². The van der Waals surface area contributed by atoms with Crippen molar-refractivity contribution in [2.45, 2.75) is 64.1 Å². The van der Waals surface area contributed by atoms with Crippen LogP contribution in [0.25, 0.3) is 0 Å². The van der Waals surface area contributed by atoms with Crippen LogP contribution in [0, 0.1) is 5.41 Å². The number of benzene rings is 3. The molecule has 200 valence electrons. The van der Waals surface area contributed by atoms with Gasteiger partial charge in [0.05, 0.1) is 11.8 Å². The summed E-state index contributed by atoms with van der Waals surface area (Å²) in [5, 5.41) is 7.72. The van der Waals surface area contributed by atoms with E-state index < -0.39 is 0 Å². The van der Waals surface area contributed by atoms with Crippen LogP contribution in [0.1, 0.15) is 74.8 Å². The molecule has 0 bridgehead atoms. The summed E-state index contributed by atoms with van der Waals surface area (Å²) < 4.78 is 6.71. The quantitative estimate of drug-likeness (QED) is 0.248. The van der Waals surface area contributed by atoms with E-state index in [0.717, 1.165) is 56.6 Å². The largest absolute Gasteiger partial charge is 0.368 e. The maximum atomic E-state index is 7.72. The van der Waals surface area contributed by atoms with Gasteiger partial charge in [0.1, 0.15) is 6.10 Å². The molecule has 3 aromatic rings. The zero-order valence-corrected chi connectivity index (χ0v) is 23.1. The molecule has 0 spiro atoms. The lowest BCUT2D eigenvalue weighted by molar-refractivity contribution is -0.0269. The van der Waals surface area contributed by atoms with E-state index in [2.05, 4.69) is 116 Å². The van der Waals surface area contributed by atoms with Crippen molar-refractivity contribution in [3.8, 4) is 0 Å². The van der Waals surface area contributed by atoms with Gasteiger partial charge in [-0.2, -0.15) is 0 Å². The summed E-state index contributed by atoms with van der Waals surface area (Å²) in [6.45, 7) is 9.70. The van der Waals surface area contributed by atoms with Gasteiger partial charge in [0.15, 0.2) is 0 Å². The van der Waals surface area contributed by atoms with Crippen molar-refractivity contribution >= 4 is 11.7 Å². The fraction of sp³-hybridized carbons (Fsp3) is 0.394. The molecule has 0 saturated carbocycles. The normalized spacial score (nSPS) is 15.6. The Labute approximate surface area is 228 Å². The minimum atomic E-state index is -0.135. The third kappa shape index (κ3) is 7.86. The van der Waals surface area contributed by atoms with Crippen LogP contribution in [0.4, 0.5) is 0 Å². The summed E-state index contributed by atoms with van der Waals surface area (Å²) >= 11 is 0. The van der Waals surface area contributed by atoms with Gasteiger partial charge in [0.25, 0.3) is 0 Å². The molecule has 38 heavy (non-hydrogen) atoms. The number of hydrogen-bond acceptors (Lipinski definition) is 3. The zero-order chi connectivity index (χ0) is 27.0. The lowest BCUT2D eigenvalue weighted by Crippen LogP contribution is -2.38. The summed E-state index contributed by atoms with van der Waals surface area (Å²) in [6, 6.07) is 29.6. The number of aliphatic imine (C=N–C) groups is 1. The lowest BCUT2D eigenvalue weighted by Gasteiger charge is -2.34. The second-order valence-corrected chi connectivity index (χ2v) is 11.3. The number of rotatable bonds is 9. The number of hydrogen-bond donors (Lipinski definition) is 2. The number of nitrogens with two attached hydrogens (primary N) is 1. The summed E-state index contributed by atoms with van der Waals surface area (Å²) in [4.78, 5) is 6.89. The molecule has 0 aromatic heterocycles. The Kier molecular flexibility index (Phi) is 9.48. The van der Waals surface area contributed by atoms with E-state index in [-0.39, 0.29) is 23.6 Å². The number of nitrogens with one attached hydrogen (secondary N) is 1.